The molecular weight excluding hydrogens is 326 g/mol. The van der Waals surface area contributed by atoms with Gasteiger partial charge in [-0.15, -0.1) is 12.4 Å². The molecule has 1 aromatic rings. The monoisotopic (exact) mass is 353 g/mol. The Morgan fingerprint density at radius 1 is 1.17 bits per heavy atom. The van der Waals surface area contributed by atoms with Crippen molar-refractivity contribution in [3.05, 3.63) is 29.8 Å². The molecule has 1 aliphatic rings. The molecule has 0 aliphatic heterocycles. The van der Waals surface area contributed by atoms with E-state index in [0.717, 1.165) is 36.9 Å². The Kier molecular flexibility index (Phi) is 9.42. The number of anilines is 1. The van der Waals surface area contributed by atoms with Crippen molar-refractivity contribution in [3.63, 3.8) is 0 Å². The molecule has 0 heterocycles. The van der Waals surface area contributed by atoms with Gasteiger partial charge in [0.15, 0.2) is 0 Å². The lowest BCUT2D eigenvalue weighted by molar-refractivity contribution is -0.121. The van der Waals surface area contributed by atoms with Gasteiger partial charge in [-0.2, -0.15) is 0 Å². The van der Waals surface area contributed by atoms with E-state index in [-0.39, 0.29) is 30.1 Å². The second kappa shape index (κ2) is 11.0. The first-order chi connectivity index (χ1) is 11.2. The van der Waals surface area contributed by atoms with Crippen LogP contribution in [0.5, 0.6) is 0 Å². The number of hydrogen-bond acceptors (Lipinski definition) is 3. The maximum Gasteiger partial charge on any atom is 0.227 e. The summed E-state index contributed by atoms with van der Waals surface area (Å²) >= 11 is 0. The number of carbonyl (C=O) groups excluding carboxylic acids is 2. The van der Waals surface area contributed by atoms with E-state index in [1.807, 2.05) is 24.3 Å². The van der Waals surface area contributed by atoms with Crippen LogP contribution in [0.25, 0.3) is 0 Å². The van der Waals surface area contributed by atoms with E-state index in [4.69, 9.17) is 5.73 Å². The van der Waals surface area contributed by atoms with Crippen molar-refractivity contribution in [3.8, 4) is 0 Å². The number of nitrogens with two attached hydrogens (primary N) is 1. The Labute approximate surface area is 150 Å². The third kappa shape index (κ3) is 6.89. The highest BCUT2D eigenvalue weighted by atomic mass is 35.5. The molecule has 2 amide bonds. The van der Waals surface area contributed by atoms with Crippen LogP contribution in [-0.2, 0) is 16.1 Å². The molecule has 24 heavy (non-hydrogen) atoms. The van der Waals surface area contributed by atoms with Gasteiger partial charge >= 0.3 is 0 Å². The van der Waals surface area contributed by atoms with Crippen LogP contribution >= 0.6 is 12.4 Å². The minimum atomic E-state index is 0. The van der Waals surface area contributed by atoms with Crippen molar-refractivity contribution >= 4 is 29.9 Å². The summed E-state index contributed by atoms with van der Waals surface area (Å²) in [6, 6.07) is 7.65. The SMILES string of the molecule is Cl.NCCCC(=O)NCc1cccc(NC(=O)C2CCCCC2)c1. The molecule has 6 heteroatoms. The van der Waals surface area contributed by atoms with Crippen LogP contribution in [0.2, 0.25) is 0 Å². The highest BCUT2D eigenvalue weighted by Gasteiger charge is 2.20. The predicted octanol–water partition coefficient (Wildman–Crippen LogP) is 2.98. The Hall–Kier alpha value is -1.59. The van der Waals surface area contributed by atoms with Gasteiger partial charge < -0.3 is 16.4 Å². The zero-order chi connectivity index (χ0) is 16.5. The van der Waals surface area contributed by atoms with Gasteiger partial charge in [0.25, 0.3) is 0 Å². The van der Waals surface area contributed by atoms with Crippen LogP contribution in [-0.4, -0.2) is 18.4 Å². The minimum absolute atomic E-state index is 0. The van der Waals surface area contributed by atoms with Gasteiger partial charge in [0.1, 0.15) is 0 Å². The molecule has 0 bridgehead atoms. The van der Waals surface area contributed by atoms with Gasteiger partial charge in [-0.1, -0.05) is 31.4 Å². The summed E-state index contributed by atoms with van der Waals surface area (Å²) in [5.74, 6) is 0.268. The van der Waals surface area contributed by atoms with Crippen LogP contribution in [0.1, 0.15) is 50.5 Å². The Bertz CT molecular complexity index is 531. The third-order valence-corrected chi connectivity index (χ3v) is 4.27. The van der Waals surface area contributed by atoms with Gasteiger partial charge in [-0.3, -0.25) is 9.59 Å². The summed E-state index contributed by atoms with van der Waals surface area (Å²) in [4.78, 5) is 23.9. The van der Waals surface area contributed by atoms with Crippen LogP contribution in [0, 0.1) is 5.92 Å². The van der Waals surface area contributed by atoms with E-state index >= 15 is 0 Å². The molecule has 0 unspecified atom stereocenters. The average molecular weight is 354 g/mol. The maximum atomic E-state index is 12.3. The molecule has 0 atom stereocenters. The Morgan fingerprint density at radius 2 is 1.92 bits per heavy atom. The first kappa shape index (κ1) is 20.5. The van der Waals surface area contributed by atoms with Crippen molar-refractivity contribution in [2.75, 3.05) is 11.9 Å². The lowest BCUT2D eigenvalue weighted by atomic mass is 9.88. The van der Waals surface area contributed by atoms with E-state index in [0.29, 0.717) is 25.9 Å². The van der Waals surface area contributed by atoms with E-state index in [1.54, 1.807) is 0 Å². The summed E-state index contributed by atoms with van der Waals surface area (Å²) in [5, 5.41) is 5.88. The second-order valence-electron chi connectivity index (χ2n) is 6.19. The largest absolute Gasteiger partial charge is 0.352 e. The molecule has 0 aromatic heterocycles. The standard InChI is InChI=1S/C18H27N3O2.ClH/c19-11-5-10-17(22)20-13-14-6-4-9-16(12-14)21-18(23)15-7-2-1-3-8-15;/h4,6,9,12,15H,1-3,5,7-8,10-11,13,19H2,(H,20,22)(H,21,23);1H. The number of nitrogens with one attached hydrogen (secondary N) is 2. The van der Waals surface area contributed by atoms with Crippen molar-refractivity contribution < 1.29 is 9.59 Å². The lowest BCUT2D eigenvalue weighted by Gasteiger charge is -2.20. The Balaban J connectivity index is 0.00000288. The Morgan fingerprint density at radius 3 is 2.62 bits per heavy atom. The molecular formula is C18H28ClN3O2. The fourth-order valence-electron chi connectivity index (χ4n) is 2.92. The topological polar surface area (TPSA) is 84.2 Å². The number of rotatable bonds is 7. The number of halogens is 1. The average Bonchev–Trinajstić information content (AvgIpc) is 2.59. The molecule has 1 aliphatic carbocycles. The zero-order valence-electron chi connectivity index (χ0n) is 14.1. The molecule has 1 aromatic carbocycles. The predicted molar refractivity (Wildman–Crippen MR) is 99.0 cm³/mol. The quantitative estimate of drug-likeness (QED) is 0.704. The number of benzene rings is 1. The first-order valence-electron chi connectivity index (χ1n) is 8.55. The second-order valence-corrected chi connectivity index (χ2v) is 6.19. The molecule has 0 saturated heterocycles. The highest BCUT2D eigenvalue weighted by Crippen LogP contribution is 2.25. The van der Waals surface area contributed by atoms with Crippen molar-refractivity contribution in [2.24, 2.45) is 11.7 Å². The number of carbonyl (C=O) groups is 2. The molecule has 134 valence electrons. The first-order valence-corrected chi connectivity index (χ1v) is 8.55. The third-order valence-electron chi connectivity index (χ3n) is 4.27. The van der Waals surface area contributed by atoms with Crippen molar-refractivity contribution in [2.45, 2.75) is 51.5 Å². The lowest BCUT2D eigenvalue weighted by Crippen LogP contribution is -2.25. The molecule has 0 spiro atoms. The van der Waals surface area contributed by atoms with Crippen LogP contribution < -0.4 is 16.4 Å². The highest BCUT2D eigenvalue weighted by molar-refractivity contribution is 5.92. The molecule has 5 nitrogen and oxygen atoms in total. The van der Waals surface area contributed by atoms with Gasteiger partial charge in [0, 0.05) is 24.6 Å². The summed E-state index contributed by atoms with van der Waals surface area (Å²) in [5.41, 5.74) is 7.17. The van der Waals surface area contributed by atoms with Gasteiger partial charge in [0.05, 0.1) is 0 Å². The van der Waals surface area contributed by atoms with E-state index < -0.39 is 0 Å². The number of hydrogen-bond donors (Lipinski definition) is 3. The summed E-state index contributed by atoms with van der Waals surface area (Å²) in [7, 11) is 0. The fourth-order valence-corrected chi connectivity index (χ4v) is 2.92. The van der Waals surface area contributed by atoms with Crippen LogP contribution in [0.15, 0.2) is 24.3 Å². The normalized spacial score (nSPS) is 14.5. The van der Waals surface area contributed by atoms with Crippen LogP contribution in [0.3, 0.4) is 0 Å². The summed E-state index contributed by atoms with van der Waals surface area (Å²) in [6.07, 6.45) is 6.66. The van der Waals surface area contributed by atoms with Gasteiger partial charge in [-0.05, 0) is 43.5 Å². The van der Waals surface area contributed by atoms with E-state index in [1.165, 1.54) is 6.42 Å². The van der Waals surface area contributed by atoms with Crippen molar-refractivity contribution in [1.29, 1.82) is 0 Å². The number of amides is 2. The summed E-state index contributed by atoms with van der Waals surface area (Å²) < 4.78 is 0. The smallest absolute Gasteiger partial charge is 0.227 e. The molecule has 0 radical (unpaired) electrons. The van der Waals surface area contributed by atoms with E-state index in [2.05, 4.69) is 10.6 Å². The fraction of sp³-hybridized carbons (Fsp3) is 0.556. The van der Waals surface area contributed by atoms with Gasteiger partial charge in [0.2, 0.25) is 11.8 Å². The van der Waals surface area contributed by atoms with Gasteiger partial charge in [-0.25, -0.2) is 0 Å². The van der Waals surface area contributed by atoms with Crippen LogP contribution in [0.4, 0.5) is 5.69 Å². The molecule has 1 fully saturated rings. The minimum Gasteiger partial charge on any atom is -0.352 e. The van der Waals surface area contributed by atoms with Crippen molar-refractivity contribution in [1.82, 2.24) is 5.32 Å². The molecule has 2 rings (SSSR count). The van der Waals surface area contributed by atoms with E-state index in [9.17, 15) is 9.59 Å². The summed E-state index contributed by atoms with van der Waals surface area (Å²) in [6.45, 7) is 0.993. The maximum absolute atomic E-state index is 12.3. The molecule has 4 N–H and O–H groups in total. The zero-order valence-corrected chi connectivity index (χ0v) is 14.9. The molecule has 1 saturated carbocycles.